The van der Waals surface area contributed by atoms with Crippen LogP contribution in [0.15, 0.2) is 18.2 Å². The number of carbonyl (C=O) groups is 1. The van der Waals surface area contributed by atoms with Crippen molar-refractivity contribution in [1.29, 1.82) is 0 Å². The van der Waals surface area contributed by atoms with Gasteiger partial charge in [0.1, 0.15) is 6.10 Å². The lowest BCUT2D eigenvalue weighted by molar-refractivity contribution is -0.723. The third kappa shape index (κ3) is 6.30. The highest BCUT2D eigenvalue weighted by Gasteiger charge is 2.27. The molecule has 0 bridgehead atoms. The number of aliphatic hydroxyl groups is 1. The number of Topliss-reactive ketones (excluding diaryl/α,β-unsaturated/α-hetero) is 1. The molecule has 3 aromatic rings. The van der Waals surface area contributed by atoms with Gasteiger partial charge >= 0.3 is 5.95 Å². The summed E-state index contributed by atoms with van der Waals surface area (Å²) in [7, 11) is 1.58. The van der Waals surface area contributed by atoms with Crippen LogP contribution >= 0.6 is 0 Å². The number of benzene rings is 1. The third-order valence-corrected chi connectivity index (χ3v) is 6.23. The Morgan fingerprint density at radius 3 is 2.51 bits per heavy atom. The van der Waals surface area contributed by atoms with Gasteiger partial charge in [0.2, 0.25) is 5.88 Å². The minimum absolute atomic E-state index is 0.00855. The Morgan fingerprint density at radius 2 is 1.92 bits per heavy atom. The lowest BCUT2D eigenvalue weighted by atomic mass is 9.84. The maximum absolute atomic E-state index is 13.5. The minimum Gasteiger partial charge on any atom is -0.493 e. The lowest BCUT2D eigenvalue weighted by Crippen LogP contribution is -2.42. The Balaban J connectivity index is 1.98. The molecule has 3 rings (SSSR count). The van der Waals surface area contributed by atoms with Crippen LogP contribution in [-0.2, 0) is 12.0 Å². The molecule has 0 atom stereocenters. The molecule has 0 aliphatic heterocycles. The van der Waals surface area contributed by atoms with Gasteiger partial charge in [0, 0.05) is 35.8 Å². The highest BCUT2D eigenvalue weighted by molar-refractivity contribution is 5.96. The van der Waals surface area contributed by atoms with E-state index >= 15 is 0 Å². The van der Waals surface area contributed by atoms with Gasteiger partial charge < -0.3 is 19.3 Å². The molecule has 3 N–H and O–H groups in total. The van der Waals surface area contributed by atoms with E-state index in [2.05, 4.69) is 24.0 Å². The second-order valence-corrected chi connectivity index (χ2v) is 10.1. The second kappa shape index (κ2) is 11.8. The molecule has 0 saturated heterocycles. The first-order chi connectivity index (χ1) is 17.5. The summed E-state index contributed by atoms with van der Waals surface area (Å²) in [5.74, 6) is 1.54. The first-order valence-corrected chi connectivity index (χ1v) is 12.8. The van der Waals surface area contributed by atoms with Crippen LogP contribution in [0.3, 0.4) is 0 Å². The minimum atomic E-state index is -0.307. The molecule has 0 amide bonds. The van der Waals surface area contributed by atoms with Gasteiger partial charge in [-0.25, -0.2) is 0 Å². The number of nitrogens with zero attached hydrogens (tertiary/aromatic N) is 4. The lowest BCUT2D eigenvalue weighted by Gasteiger charge is -2.25. The van der Waals surface area contributed by atoms with Gasteiger partial charge in [0.25, 0.3) is 5.65 Å². The highest BCUT2D eigenvalue weighted by atomic mass is 16.5. The molecule has 10 heteroatoms. The number of aliphatic hydroxyl groups excluding tert-OH is 1. The molecule has 0 saturated carbocycles. The van der Waals surface area contributed by atoms with Gasteiger partial charge in [0.05, 0.1) is 13.7 Å². The van der Waals surface area contributed by atoms with Crippen LogP contribution in [0.4, 0.5) is 5.95 Å². The Hall–Kier alpha value is -3.40. The molecule has 0 spiro atoms. The summed E-state index contributed by atoms with van der Waals surface area (Å²) in [5.41, 5.74) is 8.76. The van der Waals surface area contributed by atoms with Crippen molar-refractivity contribution >= 4 is 17.4 Å². The number of nitrogens with two attached hydrogens (primary N) is 1. The van der Waals surface area contributed by atoms with Crippen molar-refractivity contribution in [2.24, 2.45) is 0 Å². The van der Waals surface area contributed by atoms with E-state index in [9.17, 15) is 4.79 Å². The normalized spacial score (nSPS) is 11.8. The van der Waals surface area contributed by atoms with Crippen molar-refractivity contribution in [3.8, 4) is 17.4 Å². The average Bonchev–Trinajstić information content (AvgIpc) is 3.17. The fourth-order valence-corrected chi connectivity index (χ4v) is 4.06. The molecule has 0 radical (unpaired) electrons. The zero-order chi connectivity index (χ0) is 27.3. The summed E-state index contributed by atoms with van der Waals surface area (Å²) >= 11 is 0. The van der Waals surface area contributed by atoms with Gasteiger partial charge in [-0.3, -0.25) is 10.5 Å². The predicted molar refractivity (Wildman–Crippen MR) is 141 cm³/mol. The molecule has 0 aliphatic rings. The number of nitrogen functional groups attached to an aromatic ring is 1. The Labute approximate surface area is 218 Å². The molecule has 0 unspecified atom stereocenters. The van der Waals surface area contributed by atoms with E-state index in [1.54, 1.807) is 13.2 Å². The average molecular weight is 515 g/mol. The molecule has 37 heavy (non-hydrogen) atoms. The predicted octanol–water partition coefficient (Wildman–Crippen LogP) is 3.43. The number of ketones is 1. The van der Waals surface area contributed by atoms with Crippen molar-refractivity contribution in [2.45, 2.75) is 78.9 Å². The van der Waals surface area contributed by atoms with Gasteiger partial charge in [0.15, 0.2) is 23.8 Å². The number of anilines is 1. The number of fused-ring (bicyclic) bond motifs is 1. The van der Waals surface area contributed by atoms with Crippen LogP contribution in [0.25, 0.3) is 5.65 Å². The number of methoxy groups -OCH3 is 1. The van der Waals surface area contributed by atoms with E-state index in [0.717, 1.165) is 24.0 Å². The van der Waals surface area contributed by atoms with Crippen LogP contribution in [0.1, 0.15) is 75.4 Å². The number of hydrogen-bond donors (Lipinski definition) is 2. The summed E-state index contributed by atoms with van der Waals surface area (Å²) in [6, 6.07) is 5.34. The quantitative estimate of drug-likeness (QED) is 0.214. The Kier molecular flexibility index (Phi) is 8.96. The van der Waals surface area contributed by atoms with Gasteiger partial charge in [-0.1, -0.05) is 49.3 Å². The molecule has 2 heterocycles. The number of rotatable bonds is 12. The van der Waals surface area contributed by atoms with Crippen LogP contribution in [0, 0.1) is 6.92 Å². The van der Waals surface area contributed by atoms with Gasteiger partial charge in [-0.15, -0.1) is 4.68 Å². The highest BCUT2D eigenvalue weighted by Crippen LogP contribution is 2.40. The van der Waals surface area contributed by atoms with E-state index in [0.29, 0.717) is 41.6 Å². The van der Waals surface area contributed by atoms with E-state index in [-0.39, 0.29) is 36.4 Å². The number of aromatic nitrogens is 4. The zero-order valence-electron chi connectivity index (χ0n) is 23.0. The van der Waals surface area contributed by atoms with Gasteiger partial charge in [-0.05, 0) is 37.3 Å². The SMILES string of the molecule is CCC(CC)Oc1cc(C)c2n[n+](CC(=O)c3cc(OCCCO)c(OC)c(C(C)(C)C)c3)c(N)n2n1. The fraction of sp³-hybridized carbons (Fsp3) is 0.556. The van der Waals surface area contributed by atoms with Gasteiger partial charge in [-0.2, -0.15) is 0 Å². The maximum atomic E-state index is 13.5. The van der Waals surface area contributed by atoms with E-state index in [1.807, 2.05) is 39.8 Å². The number of hydrogen-bond acceptors (Lipinski definition) is 8. The van der Waals surface area contributed by atoms with E-state index < -0.39 is 0 Å². The number of carbonyl (C=O) groups excluding carboxylic acids is 1. The molecular weight excluding hydrogens is 474 g/mol. The second-order valence-electron chi connectivity index (χ2n) is 10.1. The monoisotopic (exact) mass is 514 g/mol. The van der Waals surface area contributed by atoms with E-state index in [1.165, 1.54) is 9.20 Å². The van der Waals surface area contributed by atoms with Crippen molar-refractivity contribution < 1.29 is 28.8 Å². The molecule has 2 aromatic heterocycles. The first-order valence-electron chi connectivity index (χ1n) is 12.8. The molecule has 1 aromatic carbocycles. The summed E-state index contributed by atoms with van der Waals surface area (Å²) in [6.45, 7) is 12.4. The van der Waals surface area contributed by atoms with Crippen molar-refractivity contribution in [1.82, 2.24) is 14.7 Å². The Morgan fingerprint density at radius 1 is 1.22 bits per heavy atom. The summed E-state index contributed by atoms with van der Waals surface area (Å²) in [4.78, 5) is 13.5. The van der Waals surface area contributed by atoms with Crippen molar-refractivity contribution in [2.75, 3.05) is 26.1 Å². The van der Waals surface area contributed by atoms with Crippen molar-refractivity contribution in [3.05, 3.63) is 34.9 Å². The van der Waals surface area contributed by atoms with Crippen LogP contribution in [-0.4, -0.2) is 52.0 Å². The first kappa shape index (κ1) is 28.2. The largest absolute Gasteiger partial charge is 0.493 e. The maximum Gasteiger partial charge on any atom is 0.401 e. The fourth-order valence-electron chi connectivity index (χ4n) is 4.06. The molecule has 0 fully saturated rings. The Bertz CT molecular complexity index is 1240. The molecule has 0 aliphatic carbocycles. The smallest absolute Gasteiger partial charge is 0.401 e. The number of aryl methyl sites for hydroxylation is 1. The summed E-state index contributed by atoms with van der Waals surface area (Å²) in [6.07, 6.45) is 2.26. The summed E-state index contributed by atoms with van der Waals surface area (Å²) < 4.78 is 20.5. The number of ether oxygens (including phenoxy) is 3. The third-order valence-electron chi connectivity index (χ3n) is 6.23. The molecule has 202 valence electrons. The zero-order valence-corrected chi connectivity index (χ0v) is 23.0. The summed E-state index contributed by atoms with van der Waals surface area (Å²) in [5, 5.41) is 18.2. The topological polar surface area (TPSA) is 125 Å². The van der Waals surface area contributed by atoms with Crippen molar-refractivity contribution in [3.63, 3.8) is 0 Å². The van der Waals surface area contributed by atoms with Crippen LogP contribution < -0.4 is 24.6 Å². The van der Waals surface area contributed by atoms with Crippen LogP contribution in [0.5, 0.6) is 17.4 Å². The molecular formula is C27H40N5O5+. The standard InChI is InChI=1S/C27H39N5O5/c1-8-19(9-2)37-23-13-17(3)25-30-31(26(28)32(25)29-23)16-21(34)18-14-20(27(4,5)6)24(35-7)22(15-18)36-12-10-11-33/h13-15,19,28,33H,8-12,16H2,1-7H3/p+1. The molecule has 10 nitrogen and oxygen atoms in total. The van der Waals surface area contributed by atoms with Crippen LogP contribution in [0.2, 0.25) is 0 Å². The van der Waals surface area contributed by atoms with E-state index in [4.69, 9.17) is 25.1 Å².